The van der Waals surface area contributed by atoms with Gasteiger partial charge in [0.25, 0.3) is 0 Å². The molecule has 0 spiro atoms. The Kier molecular flexibility index (Phi) is 6.10. The molecule has 2 rings (SSSR count). The molecule has 0 aromatic heterocycles. The Balaban J connectivity index is 1.96. The molecule has 3 nitrogen and oxygen atoms in total. The number of nitrogens with zero attached hydrogens (tertiary/aromatic N) is 1. The largest absolute Gasteiger partial charge is 0.373 e. The number of rotatable bonds is 5. The molecule has 3 heteroatoms. The average Bonchev–Trinajstić information content (AvgIpc) is 2.38. The Morgan fingerprint density at radius 1 is 1.24 bits per heavy atom. The third-order valence-electron chi connectivity index (χ3n) is 5.31. The van der Waals surface area contributed by atoms with Gasteiger partial charge in [0, 0.05) is 25.7 Å². The van der Waals surface area contributed by atoms with E-state index in [-0.39, 0.29) is 5.60 Å². The van der Waals surface area contributed by atoms with Gasteiger partial charge in [-0.2, -0.15) is 0 Å². The topological polar surface area (TPSA) is 24.5 Å². The van der Waals surface area contributed by atoms with Gasteiger partial charge < -0.3 is 10.1 Å². The van der Waals surface area contributed by atoms with Crippen molar-refractivity contribution in [2.45, 2.75) is 65.5 Å². The fraction of sp³-hybridized carbons (Fsp3) is 1.00. The summed E-state index contributed by atoms with van der Waals surface area (Å²) in [5, 5.41) is 3.83. The molecule has 21 heavy (non-hydrogen) atoms. The van der Waals surface area contributed by atoms with Crippen molar-refractivity contribution in [1.29, 1.82) is 0 Å². The van der Waals surface area contributed by atoms with Gasteiger partial charge in [-0.15, -0.1) is 0 Å². The standard InChI is InChI=1S/C18H36N2O/c1-6-7-19-17-11-14(2)10-15(3)16(17)12-20-8-9-21-18(4,5)13-20/h14-17,19H,6-13H2,1-5H3. The van der Waals surface area contributed by atoms with E-state index < -0.39 is 0 Å². The van der Waals surface area contributed by atoms with Gasteiger partial charge in [0.2, 0.25) is 0 Å². The first kappa shape index (κ1) is 17.2. The van der Waals surface area contributed by atoms with Crippen molar-refractivity contribution >= 4 is 0 Å². The van der Waals surface area contributed by atoms with Crippen molar-refractivity contribution < 1.29 is 4.74 Å². The normalized spacial score (nSPS) is 37.6. The van der Waals surface area contributed by atoms with Crippen LogP contribution in [0.2, 0.25) is 0 Å². The summed E-state index contributed by atoms with van der Waals surface area (Å²) in [6.45, 7) is 17.1. The summed E-state index contributed by atoms with van der Waals surface area (Å²) < 4.78 is 5.86. The summed E-state index contributed by atoms with van der Waals surface area (Å²) in [5.74, 6) is 2.49. The molecule has 0 amide bonds. The van der Waals surface area contributed by atoms with Crippen LogP contribution in [-0.4, -0.2) is 49.3 Å². The van der Waals surface area contributed by atoms with E-state index in [9.17, 15) is 0 Å². The number of nitrogens with one attached hydrogen (secondary N) is 1. The maximum atomic E-state index is 5.86. The van der Waals surface area contributed by atoms with E-state index in [1.165, 1.54) is 25.8 Å². The predicted molar refractivity (Wildman–Crippen MR) is 89.6 cm³/mol. The van der Waals surface area contributed by atoms with Gasteiger partial charge in [-0.1, -0.05) is 20.8 Å². The fourth-order valence-corrected chi connectivity index (χ4v) is 4.35. The van der Waals surface area contributed by atoms with Gasteiger partial charge in [-0.05, 0) is 57.4 Å². The lowest BCUT2D eigenvalue weighted by atomic mass is 9.72. The summed E-state index contributed by atoms with van der Waals surface area (Å²) in [6.07, 6.45) is 3.97. The van der Waals surface area contributed by atoms with Gasteiger partial charge in [0.05, 0.1) is 12.2 Å². The zero-order valence-corrected chi connectivity index (χ0v) is 14.8. The second-order valence-corrected chi connectivity index (χ2v) is 8.12. The first-order chi connectivity index (χ1) is 9.91. The van der Waals surface area contributed by atoms with Crippen LogP contribution in [0.4, 0.5) is 0 Å². The highest BCUT2D eigenvalue weighted by Gasteiger charge is 2.36. The van der Waals surface area contributed by atoms with Crippen LogP contribution in [0.15, 0.2) is 0 Å². The summed E-state index contributed by atoms with van der Waals surface area (Å²) in [7, 11) is 0. The summed E-state index contributed by atoms with van der Waals surface area (Å²) >= 11 is 0. The summed E-state index contributed by atoms with van der Waals surface area (Å²) in [4.78, 5) is 2.64. The second kappa shape index (κ2) is 7.43. The molecule has 1 aliphatic heterocycles. The number of hydrogen-bond donors (Lipinski definition) is 1. The van der Waals surface area contributed by atoms with E-state index in [0.29, 0.717) is 6.04 Å². The molecule has 2 aliphatic rings. The maximum absolute atomic E-state index is 5.86. The highest BCUT2D eigenvalue weighted by molar-refractivity contribution is 4.91. The molecular formula is C18H36N2O. The van der Waals surface area contributed by atoms with Gasteiger partial charge in [-0.3, -0.25) is 4.90 Å². The van der Waals surface area contributed by atoms with E-state index >= 15 is 0 Å². The monoisotopic (exact) mass is 296 g/mol. The van der Waals surface area contributed by atoms with Crippen molar-refractivity contribution in [3.05, 3.63) is 0 Å². The Bertz CT molecular complexity index is 318. The van der Waals surface area contributed by atoms with Crippen LogP contribution in [0.5, 0.6) is 0 Å². The maximum Gasteiger partial charge on any atom is 0.0753 e. The zero-order chi connectivity index (χ0) is 15.5. The smallest absolute Gasteiger partial charge is 0.0753 e. The molecule has 2 fully saturated rings. The molecule has 1 heterocycles. The van der Waals surface area contributed by atoms with Gasteiger partial charge >= 0.3 is 0 Å². The molecule has 4 atom stereocenters. The van der Waals surface area contributed by atoms with E-state index in [1.54, 1.807) is 0 Å². The fourth-order valence-electron chi connectivity index (χ4n) is 4.35. The number of morpholine rings is 1. The quantitative estimate of drug-likeness (QED) is 0.843. The molecule has 1 saturated carbocycles. The molecule has 0 aromatic carbocycles. The molecule has 1 N–H and O–H groups in total. The average molecular weight is 296 g/mol. The van der Waals surface area contributed by atoms with Crippen molar-refractivity contribution in [3.63, 3.8) is 0 Å². The van der Waals surface area contributed by atoms with Crippen molar-refractivity contribution in [2.75, 3.05) is 32.8 Å². The lowest BCUT2D eigenvalue weighted by Gasteiger charge is -2.45. The Morgan fingerprint density at radius 2 is 2.00 bits per heavy atom. The SMILES string of the molecule is CCCNC1CC(C)CC(C)C1CN1CCOC(C)(C)C1. The second-order valence-electron chi connectivity index (χ2n) is 8.12. The first-order valence-electron chi connectivity index (χ1n) is 9.01. The van der Waals surface area contributed by atoms with Crippen LogP contribution in [0.25, 0.3) is 0 Å². The number of hydrogen-bond acceptors (Lipinski definition) is 3. The minimum atomic E-state index is 0.0236. The molecular weight excluding hydrogens is 260 g/mol. The van der Waals surface area contributed by atoms with E-state index in [2.05, 4.69) is 44.8 Å². The molecule has 0 bridgehead atoms. The third-order valence-corrected chi connectivity index (χ3v) is 5.31. The van der Waals surface area contributed by atoms with Gasteiger partial charge in [-0.25, -0.2) is 0 Å². The molecule has 124 valence electrons. The van der Waals surface area contributed by atoms with Crippen molar-refractivity contribution in [3.8, 4) is 0 Å². The molecule has 1 aliphatic carbocycles. The third kappa shape index (κ3) is 4.94. The van der Waals surface area contributed by atoms with Crippen LogP contribution in [-0.2, 0) is 4.74 Å². The Hall–Kier alpha value is -0.120. The molecule has 0 aromatic rings. The van der Waals surface area contributed by atoms with Gasteiger partial charge in [0.1, 0.15) is 0 Å². The zero-order valence-electron chi connectivity index (χ0n) is 14.8. The van der Waals surface area contributed by atoms with Crippen LogP contribution in [0.3, 0.4) is 0 Å². The molecule has 1 saturated heterocycles. The lowest BCUT2D eigenvalue weighted by Crippen LogP contribution is -2.54. The van der Waals surface area contributed by atoms with E-state index in [1.807, 2.05) is 0 Å². The Labute approximate surface area is 131 Å². The highest BCUT2D eigenvalue weighted by Crippen LogP contribution is 2.35. The van der Waals surface area contributed by atoms with Crippen LogP contribution in [0, 0.1) is 17.8 Å². The van der Waals surface area contributed by atoms with E-state index in [4.69, 9.17) is 4.74 Å². The highest BCUT2D eigenvalue weighted by atomic mass is 16.5. The minimum Gasteiger partial charge on any atom is -0.373 e. The van der Waals surface area contributed by atoms with Crippen LogP contribution in [0.1, 0.15) is 53.9 Å². The molecule has 4 unspecified atom stereocenters. The van der Waals surface area contributed by atoms with Crippen LogP contribution >= 0.6 is 0 Å². The van der Waals surface area contributed by atoms with Crippen LogP contribution < -0.4 is 5.32 Å². The minimum absolute atomic E-state index is 0.0236. The Morgan fingerprint density at radius 3 is 2.67 bits per heavy atom. The first-order valence-corrected chi connectivity index (χ1v) is 9.01. The van der Waals surface area contributed by atoms with E-state index in [0.717, 1.165) is 44.0 Å². The van der Waals surface area contributed by atoms with Gasteiger partial charge in [0.15, 0.2) is 0 Å². The summed E-state index contributed by atoms with van der Waals surface area (Å²) in [6, 6.07) is 0.703. The molecule has 0 radical (unpaired) electrons. The van der Waals surface area contributed by atoms with Crippen molar-refractivity contribution in [1.82, 2.24) is 10.2 Å². The number of ether oxygens (including phenoxy) is 1. The lowest BCUT2D eigenvalue weighted by molar-refractivity contribution is -0.0932. The summed E-state index contributed by atoms with van der Waals surface area (Å²) in [5.41, 5.74) is 0.0236. The predicted octanol–water partition coefficient (Wildman–Crippen LogP) is 3.15. The van der Waals surface area contributed by atoms with Crippen molar-refractivity contribution in [2.24, 2.45) is 17.8 Å².